The predicted octanol–water partition coefficient (Wildman–Crippen LogP) is -6.05. The van der Waals surface area contributed by atoms with Gasteiger partial charge in [-0.05, 0) is 0 Å². The molecule has 0 nitrogen and oxygen atoms in total. The van der Waals surface area contributed by atoms with Gasteiger partial charge < -0.3 is 71.9 Å². The molecule has 1 rings (SSSR count). The summed E-state index contributed by atoms with van der Waals surface area (Å²) in [6.07, 6.45) is 9.89. The fourth-order valence-electron chi connectivity index (χ4n) is 1.15. The number of hydrogen-bond acceptors (Lipinski definition) is 0. The van der Waals surface area contributed by atoms with Crippen LogP contribution in [-0.2, 0) is 24.4 Å². The second kappa shape index (κ2) is 12.6. The smallest absolute Gasteiger partial charge is 1.00 e. The third-order valence-electron chi connectivity index (χ3n) is 1.83. The maximum absolute atomic E-state index is 2.32. The molecule has 0 amide bonds. The molecule has 1 aliphatic carbocycles. The summed E-state index contributed by atoms with van der Waals surface area (Å²) in [7, 11) is 0. The zero-order valence-corrected chi connectivity index (χ0v) is 17.7. The van der Waals surface area contributed by atoms with E-state index in [1.165, 1.54) is 50.1 Å². The zero-order valence-electron chi connectivity index (χ0n) is 7.62. The third kappa shape index (κ3) is 8.36. The topological polar surface area (TPSA) is 0 Å². The minimum atomic E-state index is 0. The van der Waals surface area contributed by atoms with Crippen LogP contribution in [0.3, 0.4) is 0 Å². The molecule has 0 N–H and O–H groups in total. The van der Waals surface area contributed by atoms with Crippen molar-refractivity contribution in [2.45, 2.75) is 32.6 Å². The Kier molecular flexibility index (Phi) is 20.3. The molecule has 0 heterocycles. The first kappa shape index (κ1) is 20.9. The molecule has 0 saturated carbocycles. The normalized spacial score (nSPS) is 13.2. The van der Waals surface area contributed by atoms with Crippen LogP contribution in [0.25, 0.3) is 0 Å². The summed E-state index contributed by atoms with van der Waals surface area (Å²) in [5.41, 5.74) is 1.65. The molecule has 1 aliphatic rings. The van der Waals surface area contributed by atoms with Crippen LogP contribution in [0.1, 0.15) is 32.6 Å². The van der Waals surface area contributed by atoms with E-state index in [0.29, 0.717) is 0 Å². The van der Waals surface area contributed by atoms with Gasteiger partial charge in [-0.1, -0.05) is 0 Å². The minimum absolute atomic E-state index is 0. The van der Waals surface area contributed by atoms with Crippen LogP contribution in [0, 0.1) is 0 Å². The molecule has 0 aromatic rings. The van der Waals surface area contributed by atoms with Gasteiger partial charge in [0.15, 0.2) is 0 Å². The molecule has 0 unspecified atom stereocenters. The van der Waals surface area contributed by atoms with Crippen molar-refractivity contribution >= 4 is 0 Å². The van der Waals surface area contributed by atoms with Crippen molar-refractivity contribution in [1.82, 2.24) is 0 Å². The average Bonchev–Trinajstić information content (AvgIpc) is 2.31. The average molecular weight is 680 g/mol. The number of unbranched alkanes of at least 4 members (excludes halogenated alkanes) is 1. The summed E-state index contributed by atoms with van der Waals surface area (Å²) in [6.45, 7) is 2.26. The Morgan fingerprint density at radius 2 is 1.92 bits per heavy atom. The second-order valence-electron chi connectivity index (χ2n) is 2.71. The summed E-state index contributed by atoms with van der Waals surface area (Å²) >= 11 is 1.27. The SMILES string of the molecule is CCCCC1=[C]([Hf+3])CC=C1.[I-].[I-].[I-]. The molecule has 0 radical (unpaired) electrons. The maximum atomic E-state index is 2.32. The van der Waals surface area contributed by atoms with E-state index in [4.69, 9.17) is 0 Å². The Labute approximate surface area is 147 Å². The second-order valence-corrected chi connectivity index (χ2v) is 4.88. The molecule has 13 heavy (non-hydrogen) atoms. The molecule has 0 fully saturated rings. The summed E-state index contributed by atoms with van der Waals surface area (Å²) in [5, 5.41) is 0. The van der Waals surface area contributed by atoms with Crippen molar-refractivity contribution in [3.05, 3.63) is 21.1 Å². The largest absolute Gasteiger partial charge is 1.00 e. The number of halogens is 3. The van der Waals surface area contributed by atoms with Gasteiger partial charge in [-0.3, -0.25) is 0 Å². The Morgan fingerprint density at radius 1 is 1.31 bits per heavy atom. The van der Waals surface area contributed by atoms with Crippen LogP contribution < -0.4 is 71.9 Å². The van der Waals surface area contributed by atoms with E-state index in [0.717, 1.165) is 0 Å². The maximum Gasteiger partial charge on any atom is -1.00 e. The molecule has 0 spiro atoms. The van der Waals surface area contributed by atoms with Crippen molar-refractivity contribution in [3.8, 4) is 0 Å². The molecular weight excluding hydrogens is 667 g/mol. The molecule has 0 atom stereocenters. The fourth-order valence-corrected chi connectivity index (χ4v) is 2.32. The summed E-state index contributed by atoms with van der Waals surface area (Å²) in [4.78, 5) is 0. The van der Waals surface area contributed by atoms with Crippen molar-refractivity contribution in [1.29, 1.82) is 0 Å². The molecule has 0 aliphatic heterocycles. The van der Waals surface area contributed by atoms with Gasteiger partial charge in [0.2, 0.25) is 0 Å². The van der Waals surface area contributed by atoms with Crippen molar-refractivity contribution in [2.24, 2.45) is 0 Å². The van der Waals surface area contributed by atoms with E-state index in [2.05, 4.69) is 19.1 Å². The van der Waals surface area contributed by atoms with Gasteiger partial charge in [0.25, 0.3) is 0 Å². The quantitative estimate of drug-likeness (QED) is 0.206. The van der Waals surface area contributed by atoms with E-state index in [9.17, 15) is 0 Å². The monoisotopic (exact) mass is 682 g/mol. The van der Waals surface area contributed by atoms with Gasteiger partial charge in [-0.25, -0.2) is 0 Å². The number of rotatable bonds is 3. The van der Waals surface area contributed by atoms with Gasteiger partial charge in [-0.2, -0.15) is 0 Å². The first-order chi connectivity index (χ1) is 4.84. The molecule has 4 heteroatoms. The fraction of sp³-hybridized carbons (Fsp3) is 0.556. The van der Waals surface area contributed by atoms with Crippen LogP contribution in [0.5, 0.6) is 0 Å². The van der Waals surface area contributed by atoms with Crippen molar-refractivity contribution in [2.75, 3.05) is 0 Å². The Morgan fingerprint density at radius 3 is 2.31 bits per heavy atom. The van der Waals surface area contributed by atoms with E-state index in [1.807, 2.05) is 0 Å². The Hall–Kier alpha value is 2.54. The Bertz CT molecular complexity index is 176. The van der Waals surface area contributed by atoms with E-state index < -0.39 is 0 Å². The van der Waals surface area contributed by atoms with Crippen LogP contribution in [-0.4, -0.2) is 0 Å². The molecular formula is C9H13HfI3. The molecule has 0 bridgehead atoms. The van der Waals surface area contributed by atoms with Crippen LogP contribution >= 0.6 is 0 Å². The van der Waals surface area contributed by atoms with Crippen molar-refractivity contribution < 1.29 is 96.3 Å². The predicted molar refractivity (Wildman–Crippen MR) is 40.3 cm³/mol. The third-order valence-corrected chi connectivity index (χ3v) is 3.72. The van der Waals surface area contributed by atoms with Crippen LogP contribution in [0.4, 0.5) is 0 Å². The minimum Gasteiger partial charge on any atom is -1.00 e. The van der Waals surface area contributed by atoms with E-state index >= 15 is 0 Å². The van der Waals surface area contributed by atoms with Gasteiger partial charge in [-0.15, -0.1) is 0 Å². The van der Waals surface area contributed by atoms with Crippen molar-refractivity contribution in [3.63, 3.8) is 0 Å². The van der Waals surface area contributed by atoms with Gasteiger partial charge >= 0.3 is 78.0 Å². The van der Waals surface area contributed by atoms with E-state index in [1.54, 1.807) is 8.90 Å². The molecule has 0 saturated heterocycles. The van der Waals surface area contributed by atoms with Crippen LogP contribution in [0.2, 0.25) is 0 Å². The number of allylic oxidation sites excluding steroid dienone is 4. The number of hydrogen-bond donors (Lipinski definition) is 0. The summed E-state index contributed by atoms with van der Waals surface area (Å²) < 4.78 is 1.72. The summed E-state index contributed by atoms with van der Waals surface area (Å²) in [6, 6.07) is 0. The van der Waals surface area contributed by atoms with E-state index in [-0.39, 0.29) is 71.9 Å². The summed E-state index contributed by atoms with van der Waals surface area (Å²) in [5.74, 6) is 0. The standard InChI is InChI=1S/C9H13.Hf.3HI/c1-2-3-6-9-7-4-5-8-9;;;;/h4,7H,2-3,5-6H2,1H3;;3*1H/q;+3;;;/p-3. The molecule has 74 valence electrons. The Balaban J connectivity index is -0.000000333. The molecule has 0 aromatic heterocycles. The molecule has 0 aromatic carbocycles. The van der Waals surface area contributed by atoms with Crippen LogP contribution in [0.15, 0.2) is 21.1 Å². The van der Waals surface area contributed by atoms with Gasteiger partial charge in [0, 0.05) is 0 Å². The first-order valence-corrected chi connectivity index (χ1v) is 5.74. The van der Waals surface area contributed by atoms with Gasteiger partial charge in [0.1, 0.15) is 0 Å². The van der Waals surface area contributed by atoms with Gasteiger partial charge in [0.05, 0.1) is 0 Å². The zero-order chi connectivity index (χ0) is 7.40. The first-order valence-electron chi connectivity index (χ1n) is 3.94.